The van der Waals surface area contributed by atoms with Gasteiger partial charge in [-0.15, -0.1) is 0 Å². The van der Waals surface area contributed by atoms with E-state index in [1.165, 1.54) is 0 Å². The Balaban J connectivity index is 3.16. The lowest BCUT2D eigenvalue weighted by molar-refractivity contribution is 0.874. The van der Waals surface area contributed by atoms with Crippen molar-refractivity contribution in [2.45, 2.75) is 6.04 Å². The van der Waals surface area contributed by atoms with Crippen LogP contribution in [-0.4, -0.2) is 25.8 Å². The lowest BCUT2D eigenvalue weighted by atomic mass is 10.4. The van der Waals surface area contributed by atoms with Crippen LogP contribution in [0.2, 0.25) is 0 Å². The molecule has 42 valence electrons. The zero-order valence-corrected chi connectivity index (χ0v) is 4.46. The Bertz CT molecular complexity index is 60.0. The van der Waals surface area contributed by atoms with Crippen LogP contribution in [0.25, 0.3) is 0 Å². The Kier molecular flexibility index (Phi) is 3.55. The molecule has 0 aromatic carbocycles. The molecule has 4 N–H and O–H groups in total. The van der Waals surface area contributed by atoms with Gasteiger partial charge in [-0.25, -0.2) is 0 Å². The molecule has 0 aromatic rings. The smallest absolute Gasteiger partial charge is 0.0519 e. The van der Waals surface area contributed by atoms with E-state index < -0.39 is 0 Å². The third-order valence-electron chi connectivity index (χ3n) is 0.613. The summed E-state index contributed by atoms with van der Waals surface area (Å²) in [6.07, 6.45) is 1.62. The molecule has 0 spiro atoms. The second-order valence-electron chi connectivity index (χ2n) is 1.31. The van der Waals surface area contributed by atoms with Gasteiger partial charge in [0.2, 0.25) is 0 Å². The molecular formula is C4H11N3. The van der Waals surface area contributed by atoms with Crippen LogP contribution in [0.3, 0.4) is 0 Å². The summed E-state index contributed by atoms with van der Waals surface area (Å²) in [6.45, 7) is 0.470. The first-order chi connectivity index (χ1) is 3.31. The lowest BCUT2D eigenvalue weighted by Crippen LogP contribution is -2.30. The summed E-state index contributed by atoms with van der Waals surface area (Å²) in [4.78, 5) is 3.68. The Morgan fingerprint density at radius 1 is 1.86 bits per heavy atom. The minimum atomic E-state index is -0.0648. The highest BCUT2D eigenvalue weighted by Crippen LogP contribution is 1.62. The average molecular weight is 101 g/mol. The fourth-order valence-corrected chi connectivity index (χ4v) is 0.252. The standard InChI is InChI=1S/C4H11N3/c1-7-3-4(6)2-5/h3-4H,2,5-6H2,1H3. The Morgan fingerprint density at radius 3 is 2.57 bits per heavy atom. The van der Waals surface area contributed by atoms with Crippen LogP contribution in [0.1, 0.15) is 0 Å². The van der Waals surface area contributed by atoms with Crippen LogP contribution in [0, 0.1) is 0 Å². The van der Waals surface area contributed by atoms with Gasteiger partial charge in [0, 0.05) is 19.8 Å². The molecule has 0 aliphatic rings. The van der Waals surface area contributed by atoms with Crippen molar-refractivity contribution in [2.24, 2.45) is 16.5 Å². The molecule has 3 heteroatoms. The first kappa shape index (κ1) is 6.59. The Labute approximate surface area is 43.4 Å². The van der Waals surface area contributed by atoms with Gasteiger partial charge in [0.1, 0.15) is 0 Å². The normalized spacial score (nSPS) is 15.3. The van der Waals surface area contributed by atoms with E-state index in [1.807, 2.05) is 0 Å². The van der Waals surface area contributed by atoms with Crippen LogP contribution in [0.4, 0.5) is 0 Å². The van der Waals surface area contributed by atoms with Gasteiger partial charge < -0.3 is 11.5 Å². The third-order valence-corrected chi connectivity index (χ3v) is 0.613. The minimum absolute atomic E-state index is 0.0648. The van der Waals surface area contributed by atoms with Gasteiger partial charge in [0.25, 0.3) is 0 Å². The average Bonchev–Trinajstić information content (AvgIpc) is 1.68. The van der Waals surface area contributed by atoms with Crippen molar-refractivity contribution in [3.63, 3.8) is 0 Å². The predicted molar refractivity (Wildman–Crippen MR) is 31.4 cm³/mol. The summed E-state index contributed by atoms with van der Waals surface area (Å²) in [5.74, 6) is 0. The highest BCUT2D eigenvalue weighted by Gasteiger charge is 1.87. The first-order valence-electron chi connectivity index (χ1n) is 2.19. The molecule has 0 rings (SSSR count). The van der Waals surface area contributed by atoms with Crippen molar-refractivity contribution in [2.75, 3.05) is 13.6 Å². The SMILES string of the molecule is CN=CC(N)CN. The molecule has 0 saturated carbocycles. The van der Waals surface area contributed by atoms with Crippen LogP contribution in [0.15, 0.2) is 4.99 Å². The van der Waals surface area contributed by atoms with E-state index in [2.05, 4.69) is 4.99 Å². The van der Waals surface area contributed by atoms with Crippen molar-refractivity contribution in [3.8, 4) is 0 Å². The van der Waals surface area contributed by atoms with Crippen molar-refractivity contribution in [1.29, 1.82) is 0 Å². The molecule has 0 amide bonds. The van der Waals surface area contributed by atoms with E-state index in [0.29, 0.717) is 6.54 Å². The van der Waals surface area contributed by atoms with E-state index in [9.17, 15) is 0 Å². The maximum absolute atomic E-state index is 5.31. The Morgan fingerprint density at radius 2 is 2.43 bits per heavy atom. The van der Waals surface area contributed by atoms with Crippen molar-refractivity contribution in [3.05, 3.63) is 0 Å². The van der Waals surface area contributed by atoms with Gasteiger partial charge in [-0.05, 0) is 0 Å². The fraction of sp³-hybridized carbons (Fsp3) is 0.750. The molecule has 0 aliphatic heterocycles. The topological polar surface area (TPSA) is 64.4 Å². The number of nitrogens with zero attached hydrogens (tertiary/aromatic N) is 1. The van der Waals surface area contributed by atoms with Crippen LogP contribution < -0.4 is 11.5 Å². The van der Waals surface area contributed by atoms with Crippen LogP contribution >= 0.6 is 0 Å². The molecule has 0 aromatic heterocycles. The predicted octanol–water partition coefficient (Wildman–Crippen LogP) is -1.03. The van der Waals surface area contributed by atoms with E-state index >= 15 is 0 Å². The lowest BCUT2D eigenvalue weighted by Gasteiger charge is -1.95. The molecule has 1 unspecified atom stereocenters. The molecule has 0 saturated heterocycles. The van der Waals surface area contributed by atoms with Gasteiger partial charge in [0.05, 0.1) is 6.04 Å². The molecule has 0 bridgehead atoms. The quantitative estimate of drug-likeness (QED) is 0.437. The minimum Gasteiger partial charge on any atom is -0.329 e. The number of rotatable bonds is 2. The molecule has 1 atom stereocenters. The molecule has 3 nitrogen and oxygen atoms in total. The second kappa shape index (κ2) is 3.77. The molecule has 0 heterocycles. The second-order valence-corrected chi connectivity index (χ2v) is 1.31. The van der Waals surface area contributed by atoms with Gasteiger partial charge in [-0.2, -0.15) is 0 Å². The third kappa shape index (κ3) is 3.42. The highest BCUT2D eigenvalue weighted by atomic mass is 14.8. The number of hydrogen-bond acceptors (Lipinski definition) is 3. The molecule has 7 heavy (non-hydrogen) atoms. The largest absolute Gasteiger partial charge is 0.329 e. The van der Waals surface area contributed by atoms with E-state index in [0.717, 1.165) is 0 Å². The van der Waals surface area contributed by atoms with Crippen LogP contribution in [0.5, 0.6) is 0 Å². The van der Waals surface area contributed by atoms with Crippen molar-refractivity contribution < 1.29 is 0 Å². The van der Waals surface area contributed by atoms with Crippen LogP contribution in [-0.2, 0) is 0 Å². The molecule has 0 fully saturated rings. The van der Waals surface area contributed by atoms with Crippen molar-refractivity contribution in [1.82, 2.24) is 0 Å². The number of hydrogen-bond donors (Lipinski definition) is 2. The summed E-state index contributed by atoms with van der Waals surface area (Å²) in [5.41, 5.74) is 10.5. The van der Waals surface area contributed by atoms with Gasteiger partial charge >= 0.3 is 0 Å². The fourth-order valence-electron chi connectivity index (χ4n) is 0.252. The zero-order valence-electron chi connectivity index (χ0n) is 4.46. The maximum Gasteiger partial charge on any atom is 0.0519 e. The summed E-state index contributed by atoms with van der Waals surface area (Å²) >= 11 is 0. The van der Waals surface area contributed by atoms with Crippen molar-refractivity contribution >= 4 is 6.21 Å². The Hall–Kier alpha value is -0.410. The number of nitrogens with two attached hydrogens (primary N) is 2. The summed E-state index contributed by atoms with van der Waals surface area (Å²) in [5, 5.41) is 0. The molecule has 0 aliphatic carbocycles. The van der Waals surface area contributed by atoms with E-state index in [-0.39, 0.29) is 6.04 Å². The van der Waals surface area contributed by atoms with E-state index in [1.54, 1.807) is 13.3 Å². The summed E-state index contributed by atoms with van der Waals surface area (Å²) < 4.78 is 0. The summed E-state index contributed by atoms with van der Waals surface area (Å²) in [6, 6.07) is -0.0648. The monoisotopic (exact) mass is 101 g/mol. The highest BCUT2D eigenvalue weighted by molar-refractivity contribution is 5.63. The number of aliphatic imine (C=N–C) groups is 1. The first-order valence-corrected chi connectivity index (χ1v) is 2.19. The van der Waals surface area contributed by atoms with E-state index in [4.69, 9.17) is 11.5 Å². The van der Waals surface area contributed by atoms with Gasteiger partial charge in [-0.1, -0.05) is 0 Å². The molecule has 0 radical (unpaired) electrons. The maximum atomic E-state index is 5.31. The van der Waals surface area contributed by atoms with Gasteiger partial charge in [0.15, 0.2) is 0 Å². The zero-order chi connectivity index (χ0) is 5.70. The molecular weight excluding hydrogens is 90.1 g/mol. The van der Waals surface area contributed by atoms with Gasteiger partial charge in [-0.3, -0.25) is 4.99 Å². The summed E-state index contributed by atoms with van der Waals surface area (Å²) in [7, 11) is 1.68.